The number of imidazole rings is 1. The molecule has 3 aromatic rings. The van der Waals surface area contributed by atoms with Crippen LogP contribution in [0, 0.1) is 0 Å². The van der Waals surface area contributed by atoms with Crippen LogP contribution in [0.25, 0.3) is 22.4 Å². The third-order valence-corrected chi connectivity index (χ3v) is 2.34. The molecule has 7 N–H and O–H groups in total. The average Bonchev–Trinajstić information content (AvgIpc) is 2.74. The maximum absolute atomic E-state index is 4.50. The Balaban J connectivity index is 0.000000963. The summed E-state index contributed by atoms with van der Waals surface area (Å²) in [4.78, 5) is 11.8. The zero-order chi connectivity index (χ0) is 10.1. The summed E-state index contributed by atoms with van der Waals surface area (Å²) >= 11 is 0. The quantitative estimate of drug-likeness (QED) is 0.656. The first-order valence-electron chi connectivity index (χ1n) is 4.78. The summed E-state index contributed by atoms with van der Waals surface area (Å²) in [6.07, 6.45) is 3.53. The molecule has 0 spiro atoms. The molecular formula is C12H15N3O3. The molecule has 3 rings (SSSR count). The number of H-pyrrole nitrogens is 1. The topological polar surface area (TPSA) is 136 Å². The van der Waals surface area contributed by atoms with Crippen LogP contribution in [0.15, 0.2) is 48.8 Å². The maximum Gasteiger partial charge on any atom is 0.138 e. The monoisotopic (exact) mass is 249 g/mol. The zero-order valence-electron chi connectivity index (χ0n) is 9.51. The van der Waals surface area contributed by atoms with E-state index in [-0.39, 0.29) is 16.4 Å². The Labute approximate surface area is 103 Å². The second kappa shape index (κ2) is 6.45. The summed E-state index contributed by atoms with van der Waals surface area (Å²) in [5.74, 6) is 0.888. The van der Waals surface area contributed by atoms with Crippen molar-refractivity contribution in [3.8, 4) is 11.4 Å². The lowest BCUT2D eigenvalue weighted by Gasteiger charge is -1.92. The van der Waals surface area contributed by atoms with Crippen LogP contribution >= 0.6 is 0 Å². The first-order valence-corrected chi connectivity index (χ1v) is 4.78. The number of nitrogens with one attached hydrogen (secondary N) is 1. The Morgan fingerprint density at radius 1 is 0.833 bits per heavy atom. The number of benzene rings is 1. The van der Waals surface area contributed by atoms with Crippen LogP contribution < -0.4 is 0 Å². The van der Waals surface area contributed by atoms with Gasteiger partial charge in [0.15, 0.2) is 0 Å². The molecule has 0 saturated carbocycles. The number of pyridine rings is 1. The van der Waals surface area contributed by atoms with E-state index in [1.807, 2.05) is 36.4 Å². The number of hydrogen-bond donors (Lipinski definition) is 1. The predicted octanol–water partition coefficient (Wildman–Crippen LogP) is 0.151. The second-order valence-corrected chi connectivity index (χ2v) is 3.34. The van der Waals surface area contributed by atoms with Crippen LogP contribution in [0.2, 0.25) is 0 Å². The number of para-hydroxylation sites is 2. The molecule has 0 amide bonds. The van der Waals surface area contributed by atoms with Crippen molar-refractivity contribution in [2.24, 2.45) is 0 Å². The third kappa shape index (κ3) is 2.69. The number of fused-ring (bicyclic) bond motifs is 1. The van der Waals surface area contributed by atoms with Crippen LogP contribution in [0.1, 0.15) is 0 Å². The fraction of sp³-hybridized carbons (Fsp3) is 0. The third-order valence-electron chi connectivity index (χ3n) is 2.34. The molecule has 0 aliphatic heterocycles. The molecule has 0 unspecified atom stereocenters. The van der Waals surface area contributed by atoms with Crippen LogP contribution in [0.5, 0.6) is 0 Å². The Kier molecular flexibility index (Phi) is 5.64. The van der Waals surface area contributed by atoms with E-state index in [1.54, 1.807) is 12.4 Å². The Morgan fingerprint density at radius 2 is 1.50 bits per heavy atom. The standard InChI is InChI=1S/C12H9N3.3H2O/c1-2-4-11-10(3-1)14-12(15-11)9-5-7-13-8-6-9;;;/h1-8H,(H,14,15);3*1H2. The van der Waals surface area contributed by atoms with Crippen LogP contribution in [-0.4, -0.2) is 31.4 Å². The molecule has 2 aromatic heterocycles. The van der Waals surface area contributed by atoms with Crippen LogP contribution in [0.3, 0.4) is 0 Å². The Morgan fingerprint density at radius 3 is 2.17 bits per heavy atom. The van der Waals surface area contributed by atoms with Gasteiger partial charge in [0.05, 0.1) is 11.0 Å². The van der Waals surface area contributed by atoms with Crippen molar-refractivity contribution in [3.63, 3.8) is 0 Å². The molecular weight excluding hydrogens is 234 g/mol. The van der Waals surface area contributed by atoms with Gasteiger partial charge in [-0.3, -0.25) is 4.98 Å². The van der Waals surface area contributed by atoms with Crippen molar-refractivity contribution >= 4 is 11.0 Å². The van der Waals surface area contributed by atoms with Gasteiger partial charge < -0.3 is 21.4 Å². The summed E-state index contributed by atoms with van der Waals surface area (Å²) < 4.78 is 0. The van der Waals surface area contributed by atoms with Crippen molar-refractivity contribution in [1.29, 1.82) is 0 Å². The van der Waals surface area contributed by atoms with E-state index in [4.69, 9.17) is 0 Å². The largest absolute Gasteiger partial charge is 0.412 e. The summed E-state index contributed by atoms with van der Waals surface area (Å²) in [6, 6.07) is 11.9. The average molecular weight is 249 g/mol. The minimum atomic E-state index is 0. The first-order chi connectivity index (χ1) is 7.43. The van der Waals surface area contributed by atoms with Gasteiger partial charge in [0.2, 0.25) is 0 Å². The summed E-state index contributed by atoms with van der Waals surface area (Å²) in [5, 5.41) is 0. The molecule has 6 nitrogen and oxygen atoms in total. The first kappa shape index (κ1) is 15.7. The van der Waals surface area contributed by atoms with Gasteiger partial charge in [-0.15, -0.1) is 0 Å². The van der Waals surface area contributed by atoms with E-state index in [0.717, 1.165) is 22.4 Å². The molecule has 1 aromatic carbocycles. The van der Waals surface area contributed by atoms with Gasteiger partial charge >= 0.3 is 0 Å². The number of nitrogens with zero attached hydrogens (tertiary/aromatic N) is 2. The zero-order valence-corrected chi connectivity index (χ0v) is 9.51. The molecule has 0 aliphatic carbocycles. The minimum Gasteiger partial charge on any atom is -0.412 e. The normalized spacial score (nSPS) is 8.89. The lowest BCUT2D eigenvalue weighted by molar-refractivity contribution is 0.823. The summed E-state index contributed by atoms with van der Waals surface area (Å²) in [7, 11) is 0. The van der Waals surface area contributed by atoms with E-state index in [9.17, 15) is 0 Å². The van der Waals surface area contributed by atoms with Crippen LogP contribution in [-0.2, 0) is 0 Å². The SMILES string of the molecule is O.O.O.c1ccc2[nH]c(-c3ccncc3)nc2c1. The molecule has 0 aliphatic rings. The van der Waals surface area contributed by atoms with Crippen LogP contribution in [0.4, 0.5) is 0 Å². The van der Waals surface area contributed by atoms with Gasteiger partial charge in [-0.25, -0.2) is 4.98 Å². The molecule has 0 saturated heterocycles. The highest BCUT2D eigenvalue weighted by Crippen LogP contribution is 2.18. The predicted molar refractivity (Wildman–Crippen MR) is 70.2 cm³/mol. The van der Waals surface area contributed by atoms with Gasteiger partial charge in [-0.2, -0.15) is 0 Å². The minimum absolute atomic E-state index is 0. The van der Waals surface area contributed by atoms with Crippen molar-refractivity contribution in [2.45, 2.75) is 0 Å². The molecule has 0 fully saturated rings. The second-order valence-electron chi connectivity index (χ2n) is 3.34. The van der Waals surface area contributed by atoms with Gasteiger partial charge in [-0.1, -0.05) is 12.1 Å². The van der Waals surface area contributed by atoms with E-state index in [1.165, 1.54) is 0 Å². The molecule has 0 atom stereocenters. The Hall–Kier alpha value is -2.28. The number of aromatic nitrogens is 3. The maximum atomic E-state index is 4.50. The lowest BCUT2D eigenvalue weighted by atomic mass is 10.3. The summed E-state index contributed by atoms with van der Waals surface area (Å²) in [5.41, 5.74) is 3.11. The fourth-order valence-corrected chi connectivity index (χ4v) is 1.60. The molecule has 0 bridgehead atoms. The Bertz CT molecular complexity index is 563. The molecule has 0 radical (unpaired) electrons. The number of rotatable bonds is 1. The van der Waals surface area contributed by atoms with Crippen molar-refractivity contribution in [3.05, 3.63) is 48.8 Å². The van der Waals surface area contributed by atoms with Gasteiger partial charge in [-0.05, 0) is 24.3 Å². The highest BCUT2D eigenvalue weighted by atomic mass is 16.0. The highest BCUT2D eigenvalue weighted by Gasteiger charge is 2.02. The van der Waals surface area contributed by atoms with E-state index >= 15 is 0 Å². The van der Waals surface area contributed by atoms with E-state index in [0.29, 0.717) is 0 Å². The van der Waals surface area contributed by atoms with E-state index < -0.39 is 0 Å². The molecule has 6 heteroatoms. The fourth-order valence-electron chi connectivity index (χ4n) is 1.60. The lowest BCUT2D eigenvalue weighted by Crippen LogP contribution is -1.79. The van der Waals surface area contributed by atoms with Gasteiger partial charge in [0, 0.05) is 18.0 Å². The molecule has 18 heavy (non-hydrogen) atoms. The van der Waals surface area contributed by atoms with Gasteiger partial charge in [0.1, 0.15) is 5.82 Å². The smallest absolute Gasteiger partial charge is 0.138 e. The highest BCUT2D eigenvalue weighted by molar-refractivity contribution is 5.79. The van der Waals surface area contributed by atoms with Crippen molar-refractivity contribution < 1.29 is 16.4 Å². The molecule has 96 valence electrons. The van der Waals surface area contributed by atoms with Gasteiger partial charge in [0.25, 0.3) is 0 Å². The molecule has 2 heterocycles. The van der Waals surface area contributed by atoms with Crippen molar-refractivity contribution in [1.82, 2.24) is 15.0 Å². The number of aromatic amines is 1. The van der Waals surface area contributed by atoms with E-state index in [2.05, 4.69) is 15.0 Å². The number of hydrogen-bond acceptors (Lipinski definition) is 2. The summed E-state index contributed by atoms with van der Waals surface area (Å²) in [6.45, 7) is 0. The van der Waals surface area contributed by atoms with Crippen molar-refractivity contribution in [2.75, 3.05) is 0 Å².